The number of rotatable bonds is 4. The molecule has 0 N–H and O–H groups in total. The van der Waals surface area contributed by atoms with Crippen LogP contribution < -0.4 is 4.90 Å². The Hall–Kier alpha value is -1.62. The number of carbonyl (C=O) groups excluding carboxylic acids is 1. The van der Waals surface area contributed by atoms with Crippen molar-refractivity contribution in [3.8, 4) is 0 Å². The Morgan fingerprint density at radius 2 is 1.75 bits per heavy atom. The number of likely N-dealkylation sites (tertiary alicyclic amines) is 1. The molecule has 0 bridgehead atoms. The van der Waals surface area contributed by atoms with Crippen LogP contribution >= 0.6 is 0 Å². The number of piperazine rings is 1. The van der Waals surface area contributed by atoms with Crippen LogP contribution in [0.5, 0.6) is 0 Å². The number of piperidine rings is 1. The zero-order valence-electron chi connectivity index (χ0n) is 14.6. The van der Waals surface area contributed by atoms with E-state index in [9.17, 15) is 9.18 Å². The molecule has 2 fully saturated rings. The van der Waals surface area contributed by atoms with Crippen LogP contribution in [0.2, 0.25) is 0 Å². The van der Waals surface area contributed by atoms with Crippen molar-refractivity contribution in [1.82, 2.24) is 9.80 Å². The third kappa shape index (κ3) is 4.26. The van der Waals surface area contributed by atoms with Crippen LogP contribution in [0.25, 0.3) is 0 Å². The van der Waals surface area contributed by atoms with Gasteiger partial charge >= 0.3 is 0 Å². The van der Waals surface area contributed by atoms with Gasteiger partial charge in [0.2, 0.25) is 5.91 Å². The van der Waals surface area contributed by atoms with E-state index in [0.717, 1.165) is 19.5 Å². The number of halogens is 1. The van der Waals surface area contributed by atoms with Crippen LogP contribution in [0.1, 0.15) is 25.7 Å². The van der Waals surface area contributed by atoms with E-state index in [-0.39, 0.29) is 11.7 Å². The molecule has 1 amide bonds. The first-order chi connectivity index (χ1) is 11.6. The van der Waals surface area contributed by atoms with Crippen LogP contribution in [0.3, 0.4) is 0 Å². The minimum absolute atomic E-state index is 0.181. The molecule has 0 spiro atoms. The summed E-state index contributed by atoms with van der Waals surface area (Å²) in [6.45, 7) is 5.11. The molecule has 0 saturated carbocycles. The Bertz CT molecular complexity index is 549. The molecule has 3 rings (SSSR count). The lowest BCUT2D eigenvalue weighted by Gasteiger charge is -2.36. The number of carbonyl (C=O) groups is 1. The highest BCUT2D eigenvalue weighted by Gasteiger charge is 2.24. The molecule has 0 aromatic heterocycles. The van der Waals surface area contributed by atoms with Crippen molar-refractivity contribution in [3.05, 3.63) is 30.1 Å². The van der Waals surface area contributed by atoms with Crippen molar-refractivity contribution in [1.29, 1.82) is 0 Å². The van der Waals surface area contributed by atoms with Crippen LogP contribution in [0, 0.1) is 11.7 Å². The molecule has 2 aliphatic heterocycles. The molecule has 132 valence electrons. The molecule has 0 unspecified atom stereocenters. The maximum atomic E-state index is 13.9. The Morgan fingerprint density at radius 3 is 2.42 bits per heavy atom. The van der Waals surface area contributed by atoms with Crippen molar-refractivity contribution in [3.63, 3.8) is 0 Å². The minimum atomic E-state index is -0.181. The average molecular weight is 333 g/mol. The summed E-state index contributed by atoms with van der Waals surface area (Å²) in [6, 6.07) is 6.88. The molecule has 1 aromatic carbocycles. The van der Waals surface area contributed by atoms with E-state index in [1.54, 1.807) is 6.07 Å². The van der Waals surface area contributed by atoms with Gasteiger partial charge in [0.1, 0.15) is 5.82 Å². The fourth-order valence-electron chi connectivity index (χ4n) is 3.74. The summed E-state index contributed by atoms with van der Waals surface area (Å²) < 4.78 is 13.9. The van der Waals surface area contributed by atoms with E-state index in [2.05, 4.69) is 11.9 Å². The van der Waals surface area contributed by atoms with Gasteiger partial charge < -0.3 is 14.7 Å². The first kappa shape index (κ1) is 17.2. The normalized spacial score (nSPS) is 20.4. The monoisotopic (exact) mass is 333 g/mol. The van der Waals surface area contributed by atoms with Crippen molar-refractivity contribution >= 4 is 11.6 Å². The number of amides is 1. The van der Waals surface area contributed by atoms with Crippen LogP contribution in [-0.2, 0) is 4.79 Å². The first-order valence-electron chi connectivity index (χ1n) is 9.09. The lowest BCUT2D eigenvalue weighted by molar-refractivity contribution is -0.131. The summed E-state index contributed by atoms with van der Waals surface area (Å²) in [6.07, 6.45) is 4.10. The van der Waals surface area contributed by atoms with E-state index in [4.69, 9.17) is 0 Å². The van der Waals surface area contributed by atoms with Gasteiger partial charge in [0.15, 0.2) is 0 Å². The highest BCUT2D eigenvalue weighted by molar-refractivity contribution is 5.76. The fourth-order valence-corrected chi connectivity index (χ4v) is 3.74. The third-order valence-corrected chi connectivity index (χ3v) is 5.43. The first-order valence-corrected chi connectivity index (χ1v) is 9.09. The lowest BCUT2D eigenvalue weighted by Crippen LogP contribution is -2.49. The predicted octanol–water partition coefficient (Wildman–Crippen LogP) is 2.60. The highest BCUT2D eigenvalue weighted by atomic mass is 19.1. The largest absolute Gasteiger partial charge is 0.366 e. The molecule has 1 aromatic rings. The number of nitrogens with zero attached hydrogens (tertiary/aromatic N) is 3. The molecule has 2 aliphatic rings. The van der Waals surface area contributed by atoms with Gasteiger partial charge in [0, 0.05) is 32.6 Å². The number of anilines is 1. The number of hydrogen-bond donors (Lipinski definition) is 0. The summed E-state index contributed by atoms with van der Waals surface area (Å²) in [4.78, 5) is 18.8. The third-order valence-electron chi connectivity index (χ3n) is 5.43. The molecule has 0 radical (unpaired) electrons. The average Bonchev–Trinajstić information content (AvgIpc) is 2.61. The standard InChI is InChI=1S/C19H28FN3O/c1-21-10-8-16(9-11-21)6-7-19(24)23-14-12-22(13-15-23)18-5-3-2-4-17(18)20/h2-5,16H,6-15H2,1H3. The Balaban J connectivity index is 1.43. The van der Waals surface area contributed by atoms with E-state index in [0.29, 0.717) is 44.2 Å². The van der Waals surface area contributed by atoms with Gasteiger partial charge in [-0.05, 0) is 57.5 Å². The van der Waals surface area contributed by atoms with Gasteiger partial charge in [0.05, 0.1) is 5.69 Å². The lowest BCUT2D eigenvalue weighted by atomic mass is 9.92. The topological polar surface area (TPSA) is 26.8 Å². The summed E-state index contributed by atoms with van der Waals surface area (Å²) >= 11 is 0. The maximum Gasteiger partial charge on any atom is 0.222 e. The van der Waals surface area contributed by atoms with Gasteiger partial charge in [-0.15, -0.1) is 0 Å². The Kier molecular flexibility index (Phi) is 5.72. The van der Waals surface area contributed by atoms with Gasteiger partial charge in [-0.25, -0.2) is 4.39 Å². The summed E-state index contributed by atoms with van der Waals surface area (Å²) in [7, 11) is 2.16. The molecule has 24 heavy (non-hydrogen) atoms. The van der Waals surface area contributed by atoms with Gasteiger partial charge in [0.25, 0.3) is 0 Å². The Morgan fingerprint density at radius 1 is 1.08 bits per heavy atom. The molecular weight excluding hydrogens is 305 g/mol. The molecule has 0 aliphatic carbocycles. The Labute approximate surface area is 144 Å². The van der Waals surface area contributed by atoms with Crippen LogP contribution in [-0.4, -0.2) is 62.0 Å². The van der Waals surface area contributed by atoms with E-state index >= 15 is 0 Å². The molecule has 0 atom stereocenters. The fraction of sp³-hybridized carbons (Fsp3) is 0.632. The number of benzene rings is 1. The summed E-state index contributed by atoms with van der Waals surface area (Å²) in [5.74, 6) is 0.784. The number of para-hydroxylation sites is 1. The summed E-state index contributed by atoms with van der Waals surface area (Å²) in [5.41, 5.74) is 0.649. The quantitative estimate of drug-likeness (QED) is 0.847. The molecule has 2 saturated heterocycles. The van der Waals surface area contributed by atoms with Gasteiger partial charge in [-0.3, -0.25) is 4.79 Å². The molecule has 2 heterocycles. The van der Waals surface area contributed by atoms with E-state index in [1.807, 2.05) is 21.9 Å². The van der Waals surface area contributed by atoms with Crippen molar-refractivity contribution < 1.29 is 9.18 Å². The molecule has 5 heteroatoms. The van der Waals surface area contributed by atoms with Crippen LogP contribution in [0.15, 0.2) is 24.3 Å². The highest BCUT2D eigenvalue weighted by Crippen LogP contribution is 2.23. The zero-order valence-corrected chi connectivity index (χ0v) is 14.6. The molecular formula is C19H28FN3O. The molecule has 4 nitrogen and oxygen atoms in total. The maximum absolute atomic E-state index is 13.9. The van der Waals surface area contributed by atoms with Crippen molar-refractivity contribution in [2.75, 3.05) is 51.2 Å². The number of hydrogen-bond acceptors (Lipinski definition) is 3. The van der Waals surface area contributed by atoms with Crippen LogP contribution in [0.4, 0.5) is 10.1 Å². The van der Waals surface area contributed by atoms with Crippen molar-refractivity contribution in [2.24, 2.45) is 5.92 Å². The second-order valence-electron chi connectivity index (χ2n) is 7.10. The minimum Gasteiger partial charge on any atom is -0.366 e. The second kappa shape index (κ2) is 7.97. The van der Waals surface area contributed by atoms with Crippen molar-refractivity contribution in [2.45, 2.75) is 25.7 Å². The summed E-state index contributed by atoms with van der Waals surface area (Å²) in [5, 5.41) is 0. The van der Waals surface area contributed by atoms with Gasteiger partial charge in [-0.1, -0.05) is 12.1 Å². The van der Waals surface area contributed by atoms with E-state index < -0.39 is 0 Å². The smallest absolute Gasteiger partial charge is 0.222 e. The second-order valence-corrected chi connectivity index (χ2v) is 7.10. The van der Waals surface area contributed by atoms with E-state index in [1.165, 1.54) is 18.9 Å². The SMILES string of the molecule is CN1CCC(CCC(=O)N2CCN(c3ccccc3F)CC2)CC1. The van der Waals surface area contributed by atoms with Gasteiger partial charge in [-0.2, -0.15) is 0 Å². The zero-order chi connectivity index (χ0) is 16.9. The predicted molar refractivity (Wildman–Crippen MR) is 94.6 cm³/mol.